The van der Waals surface area contributed by atoms with Crippen LogP contribution in [0.2, 0.25) is 10.0 Å². The number of hydrogen-bond acceptors (Lipinski definition) is 4. The van der Waals surface area contributed by atoms with Crippen LogP contribution in [0, 0.1) is 0 Å². The molecule has 1 amide bonds. The SMILES string of the molecule is O=C(O)c1cc(OCC(=O)N(OC(F)(F)F)c2ccccc2)c2c(Cl)cc(Cl)cc2c1. The Bertz CT molecular complexity index is 1140. The first kappa shape index (κ1) is 22.7. The van der Waals surface area contributed by atoms with Crippen molar-refractivity contribution in [1.82, 2.24) is 0 Å². The number of benzene rings is 3. The number of alkyl halides is 3. The lowest BCUT2D eigenvalue weighted by Gasteiger charge is -2.23. The van der Waals surface area contributed by atoms with Crippen molar-refractivity contribution in [3.63, 3.8) is 0 Å². The maximum atomic E-state index is 12.8. The van der Waals surface area contributed by atoms with E-state index in [9.17, 15) is 27.9 Å². The molecule has 1 N–H and O–H groups in total. The first-order chi connectivity index (χ1) is 14.5. The maximum Gasteiger partial charge on any atom is 0.544 e. The molecular formula is C20H12Cl2F3NO5. The summed E-state index contributed by atoms with van der Waals surface area (Å²) in [7, 11) is 0. The molecule has 0 unspecified atom stereocenters. The number of rotatable bonds is 6. The number of hydroxylamine groups is 1. The molecule has 0 spiro atoms. The Hall–Kier alpha value is -3.01. The normalized spacial score (nSPS) is 11.4. The van der Waals surface area contributed by atoms with E-state index < -0.39 is 24.8 Å². The van der Waals surface area contributed by atoms with Crippen LogP contribution in [0.25, 0.3) is 10.8 Å². The Morgan fingerprint density at radius 1 is 1.03 bits per heavy atom. The molecule has 0 saturated heterocycles. The second-order valence-electron chi connectivity index (χ2n) is 6.11. The Balaban J connectivity index is 1.94. The fourth-order valence-corrected chi connectivity index (χ4v) is 3.34. The van der Waals surface area contributed by atoms with Crippen molar-refractivity contribution < 1.29 is 37.4 Å². The number of ether oxygens (including phenoxy) is 1. The van der Waals surface area contributed by atoms with Gasteiger partial charge in [-0.2, -0.15) is 9.90 Å². The molecule has 0 aromatic heterocycles. The van der Waals surface area contributed by atoms with Gasteiger partial charge in [0.25, 0.3) is 5.91 Å². The third kappa shape index (κ3) is 5.57. The molecule has 0 aliphatic carbocycles. The number of hydrogen-bond donors (Lipinski definition) is 1. The standard InChI is InChI=1S/C20H12Cl2F3NO5/c21-13-7-11-6-12(19(28)29)8-16(18(11)15(22)9-13)30-10-17(27)26(31-20(23,24)25)14-4-2-1-3-5-14/h1-9H,10H2,(H,28,29). The van der Waals surface area contributed by atoms with Crippen molar-refractivity contribution >= 4 is 51.5 Å². The highest BCUT2D eigenvalue weighted by molar-refractivity contribution is 6.39. The number of amides is 1. The number of carboxylic acids is 1. The second kappa shape index (κ2) is 9.01. The first-order valence-electron chi connectivity index (χ1n) is 8.48. The molecule has 3 aromatic rings. The van der Waals surface area contributed by atoms with Crippen molar-refractivity contribution in [3.8, 4) is 5.75 Å². The van der Waals surface area contributed by atoms with Crippen LogP contribution in [0.15, 0.2) is 54.6 Å². The zero-order chi connectivity index (χ0) is 22.8. The van der Waals surface area contributed by atoms with Crippen molar-refractivity contribution in [2.75, 3.05) is 11.7 Å². The number of carboxylic acid groups (broad SMARTS) is 1. The van der Waals surface area contributed by atoms with Gasteiger partial charge in [-0.3, -0.25) is 4.79 Å². The highest BCUT2D eigenvalue weighted by Crippen LogP contribution is 2.36. The topological polar surface area (TPSA) is 76.1 Å². The summed E-state index contributed by atoms with van der Waals surface area (Å²) in [4.78, 5) is 27.7. The van der Waals surface area contributed by atoms with E-state index in [1.165, 1.54) is 42.5 Å². The van der Waals surface area contributed by atoms with E-state index in [2.05, 4.69) is 4.84 Å². The third-order valence-electron chi connectivity index (χ3n) is 3.94. The molecule has 0 fully saturated rings. The van der Waals surface area contributed by atoms with Crippen LogP contribution < -0.4 is 9.80 Å². The van der Waals surface area contributed by atoms with E-state index in [4.69, 9.17) is 27.9 Å². The van der Waals surface area contributed by atoms with Gasteiger partial charge < -0.3 is 9.84 Å². The zero-order valence-corrected chi connectivity index (χ0v) is 16.8. The van der Waals surface area contributed by atoms with Crippen LogP contribution >= 0.6 is 23.2 Å². The summed E-state index contributed by atoms with van der Waals surface area (Å²) in [5.74, 6) is -2.60. The Morgan fingerprint density at radius 3 is 2.32 bits per heavy atom. The molecule has 0 bridgehead atoms. The summed E-state index contributed by atoms with van der Waals surface area (Å²) in [5.41, 5.74) is -0.373. The first-order valence-corrected chi connectivity index (χ1v) is 9.23. The van der Waals surface area contributed by atoms with Gasteiger partial charge in [0.15, 0.2) is 6.61 Å². The largest absolute Gasteiger partial charge is 0.544 e. The minimum atomic E-state index is -5.14. The van der Waals surface area contributed by atoms with E-state index >= 15 is 0 Å². The number of halogens is 5. The second-order valence-corrected chi connectivity index (χ2v) is 6.96. The summed E-state index contributed by atoms with van der Waals surface area (Å²) in [6.45, 7) is -0.901. The van der Waals surface area contributed by atoms with Crippen LogP contribution in [0.4, 0.5) is 18.9 Å². The fourth-order valence-electron chi connectivity index (χ4n) is 2.74. The van der Waals surface area contributed by atoms with Crippen molar-refractivity contribution in [1.29, 1.82) is 0 Å². The Labute approximate surface area is 183 Å². The molecule has 0 aliphatic heterocycles. The number of aromatic carboxylic acids is 1. The quantitative estimate of drug-likeness (QED) is 0.464. The molecule has 0 aliphatic rings. The van der Waals surface area contributed by atoms with E-state index in [-0.39, 0.29) is 37.5 Å². The summed E-state index contributed by atoms with van der Waals surface area (Å²) < 4.78 is 43.8. The van der Waals surface area contributed by atoms with E-state index in [0.29, 0.717) is 5.39 Å². The van der Waals surface area contributed by atoms with Gasteiger partial charge in [-0.1, -0.05) is 41.4 Å². The molecule has 3 aromatic carbocycles. The van der Waals surface area contributed by atoms with E-state index in [1.807, 2.05) is 0 Å². The van der Waals surface area contributed by atoms with Crippen LogP contribution in [0.3, 0.4) is 0 Å². The van der Waals surface area contributed by atoms with Crippen LogP contribution in [0.1, 0.15) is 10.4 Å². The molecule has 0 heterocycles. The van der Waals surface area contributed by atoms with E-state index in [0.717, 1.165) is 6.07 Å². The van der Waals surface area contributed by atoms with Gasteiger partial charge in [0.05, 0.1) is 16.3 Å². The lowest BCUT2D eigenvalue weighted by molar-refractivity contribution is -0.327. The molecule has 0 radical (unpaired) electrons. The summed E-state index contributed by atoms with van der Waals surface area (Å²) in [5, 5.41) is 10.2. The lowest BCUT2D eigenvalue weighted by Crippen LogP contribution is -2.39. The maximum absolute atomic E-state index is 12.8. The van der Waals surface area contributed by atoms with E-state index in [1.54, 1.807) is 6.07 Å². The molecule has 31 heavy (non-hydrogen) atoms. The zero-order valence-electron chi connectivity index (χ0n) is 15.3. The van der Waals surface area contributed by atoms with Crippen LogP contribution in [-0.2, 0) is 9.63 Å². The minimum Gasteiger partial charge on any atom is -0.483 e. The predicted molar refractivity (Wildman–Crippen MR) is 107 cm³/mol. The monoisotopic (exact) mass is 473 g/mol. The number of nitrogens with zero attached hydrogens (tertiary/aromatic N) is 1. The van der Waals surface area contributed by atoms with Gasteiger partial charge in [0, 0.05) is 10.4 Å². The van der Waals surface area contributed by atoms with Gasteiger partial charge >= 0.3 is 12.3 Å². The molecule has 0 saturated carbocycles. The Kier molecular flexibility index (Phi) is 6.59. The number of anilines is 1. The molecule has 6 nitrogen and oxygen atoms in total. The van der Waals surface area contributed by atoms with Gasteiger partial charge in [-0.25, -0.2) is 4.79 Å². The van der Waals surface area contributed by atoms with Crippen molar-refractivity contribution in [2.45, 2.75) is 6.36 Å². The average molecular weight is 474 g/mol. The lowest BCUT2D eigenvalue weighted by atomic mass is 10.1. The molecule has 162 valence electrons. The average Bonchev–Trinajstić information content (AvgIpc) is 2.69. The molecule has 11 heteroatoms. The third-order valence-corrected chi connectivity index (χ3v) is 4.46. The summed E-state index contributed by atoms with van der Waals surface area (Å²) >= 11 is 12.1. The van der Waals surface area contributed by atoms with Crippen LogP contribution in [-0.4, -0.2) is 30.0 Å². The molecular weight excluding hydrogens is 462 g/mol. The van der Waals surface area contributed by atoms with Crippen molar-refractivity contribution in [3.05, 3.63) is 70.2 Å². The van der Waals surface area contributed by atoms with Gasteiger partial charge in [0.1, 0.15) is 5.75 Å². The van der Waals surface area contributed by atoms with Crippen molar-refractivity contribution in [2.24, 2.45) is 0 Å². The fraction of sp³-hybridized carbons (Fsp3) is 0.100. The highest BCUT2D eigenvalue weighted by atomic mass is 35.5. The minimum absolute atomic E-state index is 0.0434. The molecule has 0 atom stereocenters. The molecule has 3 rings (SSSR count). The summed E-state index contributed by atoms with van der Waals surface area (Å²) in [6.07, 6.45) is -5.14. The number of para-hydroxylation sites is 1. The van der Waals surface area contributed by atoms with Gasteiger partial charge in [-0.15, -0.1) is 13.2 Å². The Morgan fingerprint density at radius 2 is 1.71 bits per heavy atom. The predicted octanol–water partition coefficient (Wildman–Crippen LogP) is 5.71. The number of fused-ring (bicyclic) bond motifs is 1. The van der Waals surface area contributed by atoms with Gasteiger partial charge in [-0.05, 0) is 41.8 Å². The van der Waals surface area contributed by atoms with Gasteiger partial charge in [0.2, 0.25) is 0 Å². The highest BCUT2D eigenvalue weighted by Gasteiger charge is 2.36. The van der Waals surface area contributed by atoms with Crippen LogP contribution in [0.5, 0.6) is 5.75 Å². The smallest absolute Gasteiger partial charge is 0.483 e. The number of carbonyl (C=O) groups excluding carboxylic acids is 1. The summed E-state index contributed by atoms with van der Waals surface area (Å²) in [6, 6.07) is 12.1. The number of carbonyl (C=O) groups is 2.